The Kier molecular flexibility index (Phi) is 10.2. The first-order valence-electron chi connectivity index (χ1n) is 15.4. The maximum absolute atomic E-state index is 12.7. The van der Waals surface area contributed by atoms with Crippen molar-refractivity contribution in [3.05, 3.63) is 53.3 Å². The molecule has 5 rings (SSSR count). The van der Waals surface area contributed by atoms with Gasteiger partial charge in [0.2, 0.25) is 0 Å². The van der Waals surface area contributed by atoms with Gasteiger partial charge in [-0.05, 0) is 108 Å². The fourth-order valence-electron chi connectivity index (χ4n) is 5.93. The highest BCUT2D eigenvalue weighted by Gasteiger charge is 2.27. The van der Waals surface area contributed by atoms with E-state index in [0.29, 0.717) is 30.1 Å². The highest BCUT2D eigenvalue weighted by Crippen LogP contribution is 2.29. The summed E-state index contributed by atoms with van der Waals surface area (Å²) >= 11 is 6.07. The Bertz CT molecular complexity index is 1310. The minimum Gasteiger partial charge on any atom is -0.491 e. The number of nitrogens with zero attached hydrogens (tertiary/aromatic N) is 3. The predicted octanol–water partition coefficient (Wildman–Crippen LogP) is 7.07. The number of rotatable bonds is 10. The van der Waals surface area contributed by atoms with Crippen molar-refractivity contribution in [2.24, 2.45) is 11.8 Å². The fraction of sp³-hybridized carbons (Fsp3) is 0.576. The number of benzene rings is 2. The molecule has 0 saturated carbocycles. The van der Waals surface area contributed by atoms with E-state index in [4.69, 9.17) is 30.8 Å². The Morgan fingerprint density at radius 1 is 1.07 bits per heavy atom. The van der Waals surface area contributed by atoms with Gasteiger partial charge < -0.3 is 29.0 Å². The first-order valence-corrected chi connectivity index (χ1v) is 15.8. The smallest absolute Gasteiger partial charge is 0.410 e. The number of para-hydroxylation sites is 1. The van der Waals surface area contributed by atoms with Crippen LogP contribution in [0.2, 0.25) is 5.02 Å². The number of hydrogen-bond donors (Lipinski definition) is 1. The lowest BCUT2D eigenvalue weighted by Crippen LogP contribution is -2.42. The van der Waals surface area contributed by atoms with Crippen LogP contribution in [-0.2, 0) is 17.9 Å². The number of amides is 1. The molecule has 228 valence electrons. The number of aromatic nitrogens is 2. The fourth-order valence-corrected chi connectivity index (χ4v) is 6.06. The van der Waals surface area contributed by atoms with E-state index in [1.807, 2.05) is 56.0 Å². The molecular formula is C33H45ClN4O4. The van der Waals surface area contributed by atoms with Gasteiger partial charge in [0.25, 0.3) is 0 Å². The summed E-state index contributed by atoms with van der Waals surface area (Å²) in [7, 11) is 0. The van der Waals surface area contributed by atoms with Gasteiger partial charge in [0, 0.05) is 37.1 Å². The van der Waals surface area contributed by atoms with E-state index in [1.54, 1.807) is 0 Å². The predicted molar refractivity (Wildman–Crippen MR) is 166 cm³/mol. The second-order valence-electron chi connectivity index (χ2n) is 12.6. The molecule has 2 fully saturated rings. The van der Waals surface area contributed by atoms with Crippen LogP contribution in [0.3, 0.4) is 0 Å². The van der Waals surface area contributed by atoms with E-state index in [9.17, 15) is 4.79 Å². The van der Waals surface area contributed by atoms with E-state index in [-0.39, 0.29) is 6.09 Å². The minimum atomic E-state index is -0.479. The lowest BCUT2D eigenvalue weighted by molar-refractivity contribution is 0.0160. The zero-order valence-electron chi connectivity index (χ0n) is 25.2. The van der Waals surface area contributed by atoms with Crippen molar-refractivity contribution in [2.45, 2.75) is 78.0 Å². The molecule has 2 saturated heterocycles. The lowest BCUT2D eigenvalue weighted by atomic mass is 9.93. The summed E-state index contributed by atoms with van der Waals surface area (Å²) in [5, 5.41) is 4.15. The van der Waals surface area contributed by atoms with Gasteiger partial charge in [0.1, 0.15) is 35.0 Å². The molecule has 1 aromatic heterocycles. The summed E-state index contributed by atoms with van der Waals surface area (Å²) in [6.45, 7) is 11.2. The van der Waals surface area contributed by atoms with Crippen molar-refractivity contribution in [2.75, 3.05) is 32.8 Å². The number of halogens is 1. The van der Waals surface area contributed by atoms with Gasteiger partial charge in [-0.3, -0.25) is 0 Å². The Morgan fingerprint density at radius 3 is 2.64 bits per heavy atom. The van der Waals surface area contributed by atoms with Crippen molar-refractivity contribution >= 4 is 28.7 Å². The lowest BCUT2D eigenvalue weighted by Gasteiger charge is -2.34. The molecule has 3 aromatic rings. The molecule has 42 heavy (non-hydrogen) atoms. The van der Waals surface area contributed by atoms with E-state index < -0.39 is 5.60 Å². The molecule has 0 radical (unpaired) electrons. The standard InChI is InChI=1S/C33H45ClN4O4/c1-33(2,3)42-32(39)37-18-6-9-24(21-37)10-7-19-38-28-11-4-12-29(41-22-25-8-5-17-35-20-25)31(28)36-30(38)23-40-27-15-13-26(34)14-16-27/h4,11-16,24-25,35H,5-10,17-23H2,1-3H3. The Morgan fingerprint density at radius 2 is 1.88 bits per heavy atom. The molecule has 2 aromatic carbocycles. The maximum Gasteiger partial charge on any atom is 0.410 e. The van der Waals surface area contributed by atoms with Gasteiger partial charge in [-0.15, -0.1) is 0 Å². The average molecular weight is 597 g/mol. The number of imidazole rings is 1. The van der Waals surface area contributed by atoms with Crippen LogP contribution in [0, 0.1) is 11.8 Å². The monoisotopic (exact) mass is 596 g/mol. The number of nitrogens with one attached hydrogen (secondary N) is 1. The van der Waals surface area contributed by atoms with Crippen molar-refractivity contribution in [3.63, 3.8) is 0 Å². The molecule has 0 spiro atoms. The Balaban J connectivity index is 1.28. The van der Waals surface area contributed by atoms with Gasteiger partial charge in [0.15, 0.2) is 0 Å². The number of fused-ring (bicyclic) bond motifs is 1. The van der Waals surface area contributed by atoms with Crippen LogP contribution in [0.15, 0.2) is 42.5 Å². The van der Waals surface area contributed by atoms with Gasteiger partial charge in [0.05, 0.1) is 12.1 Å². The summed E-state index contributed by atoms with van der Waals surface area (Å²) in [6.07, 6.45) is 6.32. The summed E-state index contributed by atoms with van der Waals surface area (Å²) in [6, 6.07) is 13.6. The molecule has 1 amide bonds. The number of hydrogen-bond acceptors (Lipinski definition) is 6. The molecule has 2 aliphatic heterocycles. The molecule has 0 aliphatic carbocycles. The summed E-state index contributed by atoms with van der Waals surface area (Å²) < 4.78 is 20.4. The van der Waals surface area contributed by atoms with Crippen LogP contribution in [0.5, 0.6) is 11.5 Å². The Labute approximate surface area is 254 Å². The van der Waals surface area contributed by atoms with Crippen LogP contribution in [0.25, 0.3) is 11.0 Å². The SMILES string of the molecule is CC(C)(C)OC(=O)N1CCCC(CCCn2c(COc3ccc(Cl)cc3)nc3c(OCC4CCCNC4)cccc32)C1. The summed E-state index contributed by atoms with van der Waals surface area (Å²) in [4.78, 5) is 19.6. The van der Waals surface area contributed by atoms with Crippen LogP contribution in [0.1, 0.15) is 65.1 Å². The van der Waals surface area contributed by atoms with Gasteiger partial charge >= 0.3 is 6.09 Å². The number of carbonyl (C=O) groups is 1. The number of piperidine rings is 2. The normalized spacial score (nSPS) is 19.6. The van der Waals surface area contributed by atoms with E-state index in [0.717, 1.165) is 86.8 Å². The second-order valence-corrected chi connectivity index (χ2v) is 13.1. The molecule has 8 nitrogen and oxygen atoms in total. The molecule has 1 N–H and O–H groups in total. The highest BCUT2D eigenvalue weighted by atomic mass is 35.5. The van der Waals surface area contributed by atoms with Gasteiger partial charge in [-0.1, -0.05) is 17.7 Å². The topological polar surface area (TPSA) is 77.9 Å². The van der Waals surface area contributed by atoms with E-state index in [2.05, 4.69) is 22.0 Å². The van der Waals surface area contributed by atoms with Crippen molar-refractivity contribution in [3.8, 4) is 11.5 Å². The Hall–Kier alpha value is -2.97. The molecule has 2 aliphatic rings. The molecular weight excluding hydrogens is 552 g/mol. The zero-order valence-corrected chi connectivity index (χ0v) is 26.0. The van der Waals surface area contributed by atoms with Crippen LogP contribution in [-0.4, -0.2) is 58.9 Å². The first-order chi connectivity index (χ1) is 20.2. The first kappa shape index (κ1) is 30.5. The maximum atomic E-state index is 12.7. The number of likely N-dealkylation sites (tertiary alicyclic amines) is 1. The summed E-state index contributed by atoms with van der Waals surface area (Å²) in [5.41, 5.74) is 1.46. The van der Waals surface area contributed by atoms with E-state index in [1.165, 1.54) is 12.8 Å². The molecule has 9 heteroatoms. The highest BCUT2D eigenvalue weighted by molar-refractivity contribution is 6.30. The number of carbonyl (C=O) groups excluding carboxylic acids is 1. The largest absolute Gasteiger partial charge is 0.491 e. The van der Waals surface area contributed by atoms with Crippen LogP contribution >= 0.6 is 11.6 Å². The van der Waals surface area contributed by atoms with Crippen molar-refractivity contribution in [1.29, 1.82) is 0 Å². The van der Waals surface area contributed by atoms with Crippen LogP contribution < -0.4 is 14.8 Å². The molecule has 2 unspecified atom stereocenters. The van der Waals surface area contributed by atoms with Crippen molar-refractivity contribution < 1.29 is 19.0 Å². The molecule has 2 atom stereocenters. The third-order valence-corrected chi connectivity index (χ3v) is 8.29. The van der Waals surface area contributed by atoms with Crippen LogP contribution in [0.4, 0.5) is 4.79 Å². The number of aryl methyl sites for hydroxylation is 1. The average Bonchev–Trinajstić information content (AvgIpc) is 3.33. The van der Waals surface area contributed by atoms with E-state index >= 15 is 0 Å². The summed E-state index contributed by atoms with van der Waals surface area (Å²) in [5.74, 6) is 3.42. The van der Waals surface area contributed by atoms with Gasteiger partial charge in [-0.25, -0.2) is 9.78 Å². The van der Waals surface area contributed by atoms with Gasteiger partial charge in [-0.2, -0.15) is 0 Å². The molecule has 0 bridgehead atoms. The van der Waals surface area contributed by atoms with Crippen molar-refractivity contribution in [1.82, 2.24) is 19.8 Å². The second kappa shape index (κ2) is 14.0. The quantitative estimate of drug-likeness (QED) is 0.270. The third-order valence-electron chi connectivity index (χ3n) is 8.04. The zero-order chi connectivity index (χ0) is 29.5. The minimum absolute atomic E-state index is 0.203. The third kappa shape index (κ3) is 8.32. The number of ether oxygens (including phenoxy) is 3. The molecule has 3 heterocycles.